The summed E-state index contributed by atoms with van der Waals surface area (Å²) >= 11 is 4.80. The van der Waals surface area contributed by atoms with Crippen LogP contribution in [0.5, 0.6) is 0 Å². The third kappa shape index (κ3) is 3.66. The Bertz CT molecular complexity index is 352. The molecule has 90 valence electrons. The van der Waals surface area contributed by atoms with Gasteiger partial charge in [0.05, 0.1) is 18.0 Å². The monoisotopic (exact) mass is 305 g/mol. The fraction of sp³-hybridized carbons (Fsp3) is 0.545. The maximum absolute atomic E-state index is 12.0. The Labute approximate surface area is 108 Å². The van der Waals surface area contributed by atoms with Crippen LogP contribution >= 0.6 is 27.3 Å². The molecule has 0 saturated carbocycles. The lowest BCUT2D eigenvalue weighted by Crippen LogP contribution is -2.37. The SMILES string of the molecule is CC(C)N(CCO)CC(=O)c1sccc1Br. The molecule has 1 rings (SSSR count). The first-order chi connectivity index (χ1) is 7.56. The molecule has 16 heavy (non-hydrogen) atoms. The molecular weight excluding hydrogens is 290 g/mol. The van der Waals surface area contributed by atoms with Crippen LogP contribution in [0.2, 0.25) is 0 Å². The summed E-state index contributed by atoms with van der Waals surface area (Å²) in [6, 6.07) is 2.14. The van der Waals surface area contributed by atoms with Gasteiger partial charge in [-0.1, -0.05) is 0 Å². The molecule has 0 aliphatic carbocycles. The highest BCUT2D eigenvalue weighted by atomic mass is 79.9. The second-order valence-corrected chi connectivity index (χ2v) is 5.58. The molecule has 1 heterocycles. The molecule has 0 spiro atoms. The molecule has 0 fully saturated rings. The Kier molecular flexibility index (Phi) is 5.61. The zero-order chi connectivity index (χ0) is 12.1. The number of aliphatic hydroxyl groups excluding tert-OH is 1. The first kappa shape index (κ1) is 13.8. The zero-order valence-corrected chi connectivity index (χ0v) is 11.8. The van der Waals surface area contributed by atoms with E-state index in [1.165, 1.54) is 11.3 Å². The molecule has 0 amide bonds. The smallest absolute Gasteiger partial charge is 0.187 e. The van der Waals surface area contributed by atoms with Crippen molar-refractivity contribution in [1.82, 2.24) is 4.90 Å². The van der Waals surface area contributed by atoms with Crippen LogP contribution in [0.15, 0.2) is 15.9 Å². The highest BCUT2D eigenvalue weighted by Crippen LogP contribution is 2.23. The second-order valence-electron chi connectivity index (χ2n) is 3.81. The highest BCUT2D eigenvalue weighted by Gasteiger charge is 2.17. The Hall–Kier alpha value is -0.230. The van der Waals surface area contributed by atoms with Crippen molar-refractivity contribution in [3.8, 4) is 0 Å². The lowest BCUT2D eigenvalue weighted by atomic mass is 10.2. The topological polar surface area (TPSA) is 40.5 Å². The van der Waals surface area contributed by atoms with E-state index in [9.17, 15) is 4.79 Å². The van der Waals surface area contributed by atoms with E-state index in [1.54, 1.807) is 0 Å². The van der Waals surface area contributed by atoms with E-state index in [0.29, 0.717) is 13.1 Å². The summed E-state index contributed by atoms with van der Waals surface area (Å²) in [7, 11) is 0. The molecule has 0 radical (unpaired) electrons. The molecular formula is C11H16BrNO2S. The fourth-order valence-corrected chi connectivity index (χ4v) is 2.92. The number of hydrogen-bond donors (Lipinski definition) is 1. The quantitative estimate of drug-likeness (QED) is 0.821. The van der Waals surface area contributed by atoms with Gasteiger partial charge in [-0.25, -0.2) is 0 Å². The minimum atomic E-state index is 0.0804. The first-order valence-corrected chi connectivity index (χ1v) is 6.84. The van der Waals surface area contributed by atoms with Crippen molar-refractivity contribution in [2.45, 2.75) is 19.9 Å². The van der Waals surface area contributed by atoms with Crippen molar-refractivity contribution >= 4 is 33.0 Å². The molecule has 0 bridgehead atoms. The predicted octanol–water partition coefficient (Wildman–Crippen LogP) is 2.40. The summed E-state index contributed by atoms with van der Waals surface area (Å²) in [5.74, 6) is 0.101. The zero-order valence-electron chi connectivity index (χ0n) is 9.44. The average molecular weight is 306 g/mol. The Morgan fingerprint density at radius 1 is 1.62 bits per heavy atom. The molecule has 5 heteroatoms. The van der Waals surface area contributed by atoms with Gasteiger partial charge in [-0.15, -0.1) is 11.3 Å². The van der Waals surface area contributed by atoms with Crippen LogP contribution < -0.4 is 0 Å². The highest BCUT2D eigenvalue weighted by molar-refractivity contribution is 9.10. The van der Waals surface area contributed by atoms with E-state index < -0.39 is 0 Å². The van der Waals surface area contributed by atoms with Gasteiger partial charge < -0.3 is 5.11 Å². The third-order valence-corrected chi connectivity index (χ3v) is 4.21. The molecule has 0 aliphatic heterocycles. The number of halogens is 1. The fourth-order valence-electron chi connectivity index (χ4n) is 1.40. The molecule has 1 aromatic rings. The van der Waals surface area contributed by atoms with Crippen molar-refractivity contribution < 1.29 is 9.90 Å². The maximum atomic E-state index is 12.0. The Morgan fingerprint density at radius 2 is 2.31 bits per heavy atom. The minimum absolute atomic E-state index is 0.0804. The number of aliphatic hydroxyl groups is 1. The molecule has 0 unspecified atom stereocenters. The van der Waals surface area contributed by atoms with Gasteiger partial charge in [-0.3, -0.25) is 9.69 Å². The number of ketones is 1. The van der Waals surface area contributed by atoms with Crippen molar-refractivity contribution in [3.05, 3.63) is 20.8 Å². The van der Waals surface area contributed by atoms with Gasteiger partial charge in [-0.2, -0.15) is 0 Å². The average Bonchev–Trinajstić information content (AvgIpc) is 2.63. The number of hydrogen-bond acceptors (Lipinski definition) is 4. The van der Waals surface area contributed by atoms with E-state index in [4.69, 9.17) is 5.11 Å². The summed E-state index contributed by atoms with van der Waals surface area (Å²) in [4.78, 5) is 14.7. The Balaban J connectivity index is 2.65. The number of Topliss-reactive ketones (excluding diaryl/α,β-unsaturated/α-hetero) is 1. The van der Waals surface area contributed by atoms with E-state index in [1.807, 2.05) is 30.2 Å². The van der Waals surface area contributed by atoms with E-state index in [2.05, 4.69) is 15.9 Å². The third-order valence-electron chi connectivity index (χ3n) is 2.33. The van der Waals surface area contributed by atoms with Crippen LogP contribution in [0.3, 0.4) is 0 Å². The molecule has 0 aromatic carbocycles. The summed E-state index contributed by atoms with van der Waals surface area (Å²) in [5.41, 5.74) is 0. The summed E-state index contributed by atoms with van der Waals surface area (Å²) in [6.45, 7) is 5.01. The van der Waals surface area contributed by atoms with Gasteiger partial charge in [0.2, 0.25) is 0 Å². The van der Waals surface area contributed by atoms with Crippen LogP contribution in [0.4, 0.5) is 0 Å². The largest absolute Gasteiger partial charge is 0.395 e. The number of rotatable bonds is 6. The molecule has 1 N–H and O–H groups in total. The van der Waals surface area contributed by atoms with E-state index in [-0.39, 0.29) is 18.4 Å². The Morgan fingerprint density at radius 3 is 2.75 bits per heavy atom. The molecule has 1 aromatic heterocycles. The normalized spacial score (nSPS) is 11.4. The van der Waals surface area contributed by atoms with Gasteiger partial charge >= 0.3 is 0 Å². The van der Waals surface area contributed by atoms with Crippen LogP contribution in [0.1, 0.15) is 23.5 Å². The predicted molar refractivity (Wildman–Crippen MR) is 70.1 cm³/mol. The van der Waals surface area contributed by atoms with Gasteiger partial charge in [0.15, 0.2) is 5.78 Å². The van der Waals surface area contributed by atoms with Crippen LogP contribution in [0, 0.1) is 0 Å². The van der Waals surface area contributed by atoms with E-state index in [0.717, 1.165) is 9.35 Å². The summed E-state index contributed by atoms with van der Waals surface area (Å²) in [6.07, 6.45) is 0. The van der Waals surface area contributed by atoms with Gasteiger partial charge in [0.1, 0.15) is 0 Å². The van der Waals surface area contributed by atoms with Gasteiger partial charge in [-0.05, 0) is 41.2 Å². The maximum Gasteiger partial charge on any atom is 0.187 e. The molecule has 0 atom stereocenters. The van der Waals surface area contributed by atoms with Crippen molar-refractivity contribution in [1.29, 1.82) is 0 Å². The number of carbonyl (C=O) groups excluding carboxylic acids is 1. The first-order valence-electron chi connectivity index (χ1n) is 5.17. The van der Waals surface area contributed by atoms with Crippen LogP contribution in [0.25, 0.3) is 0 Å². The van der Waals surface area contributed by atoms with Crippen molar-refractivity contribution in [3.63, 3.8) is 0 Å². The van der Waals surface area contributed by atoms with Crippen molar-refractivity contribution in [2.75, 3.05) is 19.7 Å². The summed E-state index contributed by atoms with van der Waals surface area (Å²) < 4.78 is 0.857. The number of thiophene rings is 1. The van der Waals surface area contributed by atoms with E-state index >= 15 is 0 Å². The van der Waals surface area contributed by atoms with Crippen molar-refractivity contribution in [2.24, 2.45) is 0 Å². The molecule has 0 aliphatic rings. The molecule has 0 saturated heterocycles. The standard InChI is InChI=1S/C11H16BrNO2S/c1-8(2)13(4-5-14)7-10(15)11-9(12)3-6-16-11/h3,6,8,14H,4-5,7H2,1-2H3. The minimum Gasteiger partial charge on any atom is -0.395 e. The lowest BCUT2D eigenvalue weighted by Gasteiger charge is -2.24. The van der Waals surface area contributed by atoms with Gasteiger partial charge in [0, 0.05) is 17.1 Å². The number of carbonyl (C=O) groups is 1. The lowest BCUT2D eigenvalue weighted by molar-refractivity contribution is 0.0884. The van der Waals surface area contributed by atoms with Crippen LogP contribution in [-0.2, 0) is 0 Å². The number of nitrogens with zero attached hydrogens (tertiary/aromatic N) is 1. The van der Waals surface area contributed by atoms with Gasteiger partial charge in [0.25, 0.3) is 0 Å². The molecule has 3 nitrogen and oxygen atoms in total. The second kappa shape index (κ2) is 6.49. The summed E-state index contributed by atoms with van der Waals surface area (Å²) in [5, 5.41) is 10.8. The van der Waals surface area contributed by atoms with Crippen LogP contribution in [-0.4, -0.2) is 41.5 Å².